The third-order valence-corrected chi connectivity index (χ3v) is 6.66. The van der Waals surface area contributed by atoms with Gasteiger partial charge in [-0.3, -0.25) is 9.80 Å². The average molecular weight is 363 g/mol. The van der Waals surface area contributed by atoms with Gasteiger partial charge in [-0.2, -0.15) is 0 Å². The van der Waals surface area contributed by atoms with Crippen LogP contribution in [0.2, 0.25) is 0 Å². The van der Waals surface area contributed by atoms with Crippen molar-refractivity contribution in [2.75, 3.05) is 38.6 Å². The highest BCUT2D eigenvalue weighted by Crippen LogP contribution is 2.31. The predicted molar refractivity (Wildman–Crippen MR) is 101 cm³/mol. The largest absolute Gasteiger partial charge is 0.381 e. The first-order chi connectivity index (χ1) is 12.3. The molecule has 0 unspecified atom stereocenters. The third-order valence-electron chi connectivity index (χ3n) is 5.90. The molecule has 4 aliphatic rings. The average Bonchev–Trinajstić information content (AvgIpc) is 2.96. The van der Waals surface area contributed by atoms with Gasteiger partial charge >= 0.3 is 0 Å². The topological polar surface area (TPSA) is 41.5 Å². The lowest BCUT2D eigenvalue weighted by molar-refractivity contribution is 0.0307. The molecule has 0 aromatic carbocycles. The van der Waals surface area contributed by atoms with Crippen LogP contribution in [0.5, 0.6) is 0 Å². The smallest absolute Gasteiger partial charge is 0.187 e. The Bertz CT molecular complexity index is 549. The van der Waals surface area contributed by atoms with Gasteiger partial charge in [-0.15, -0.1) is 0 Å². The number of rotatable bonds is 5. The summed E-state index contributed by atoms with van der Waals surface area (Å²) in [6.45, 7) is 8.77. The maximum absolute atomic E-state index is 5.57. The maximum atomic E-state index is 5.57. The van der Waals surface area contributed by atoms with E-state index in [0.29, 0.717) is 6.04 Å². The van der Waals surface area contributed by atoms with E-state index < -0.39 is 0 Å². The first kappa shape index (κ1) is 17.7. The second kappa shape index (κ2) is 8.33. The van der Waals surface area contributed by atoms with Crippen LogP contribution in [0.15, 0.2) is 17.6 Å². The second-order valence-electron chi connectivity index (χ2n) is 7.63. The highest BCUT2D eigenvalue weighted by molar-refractivity contribution is 7.99. The zero-order chi connectivity index (χ0) is 17.1. The quantitative estimate of drug-likeness (QED) is 0.593. The number of piperidine rings is 1. The first-order valence-electron chi connectivity index (χ1n) is 9.81. The number of aromatic nitrogens is 2. The summed E-state index contributed by atoms with van der Waals surface area (Å²) in [6.07, 6.45) is 9.21. The van der Waals surface area contributed by atoms with E-state index in [1.54, 1.807) is 11.8 Å². The van der Waals surface area contributed by atoms with Crippen LogP contribution >= 0.6 is 11.8 Å². The van der Waals surface area contributed by atoms with E-state index >= 15 is 0 Å². The Labute approximate surface area is 155 Å². The summed E-state index contributed by atoms with van der Waals surface area (Å²) >= 11 is 1.71. The zero-order valence-corrected chi connectivity index (χ0v) is 16.1. The van der Waals surface area contributed by atoms with Gasteiger partial charge in [0.15, 0.2) is 5.16 Å². The van der Waals surface area contributed by atoms with Crippen molar-refractivity contribution in [2.24, 2.45) is 5.92 Å². The summed E-state index contributed by atoms with van der Waals surface area (Å²) < 4.78 is 5.57. The molecule has 138 valence electrons. The van der Waals surface area contributed by atoms with Crippen LogP contribution in [0.4, 0.5) is 0 Å². The van der Waals surface area contributed by atoms with Crippen molar-refractivity contribution in [2.45, 2.75) is 56.4 Å². The molecular weight excluding hydrogens is 332 g/mol. The van der Waals surface area contributed by atoms with Gasteiger partial charge in [-0.1, -0.05) is 18.7 Å². The summed E-state index contributed by atoms with van der Waals surface area (Å²) in [7, 11) is 0. The Balaban J connectivity index is 1.40. The van der Waals surface area contributed by atoms with E-state index in [1.165, 1.54) is 50.9 Å². The van der Waals surface area contributed by atoms with Crippen molar-refractivity contribution in [1.82, 2.24) is 19.8 Å². The minimum absolute atomic E-state index is 0.686. The molecule has 5 heterocycles. The normalized spacial score (nSPS) is 29.0. The second-order valence-corrected chi connectivity index (χ2v) is 8.86. The fourth-order valence-corrected chi connectivity index (χ4v) is 5.13. The van der Waals surface area contributed by atoms with Crippen LogP contribution in [0.25, 0.3) is 0 Å². The molecule has 0 aliphatic carbocycles. The van der Waals surface area contributed by atoms with Crippen LogP contribution in [0.1, 0.15) is 38.2 Å². The molecule has 25 heavy (non-hydrogen) atoms. The number of hydrogen-bond donors (Lipinski definition) is 0. The van der Waals surface area contributed by atoms with Gasteiger partial charge in [0.2, 0.25) is 0 Å². The molecule has 0 spiro atoms. The number of ether oxygens (including phenoxy) is 1. The minimum Gasteiger partial charge on any atom is -0.381 e. The van der Waals surface area contributed by atoms with E-state index in [4.69, 9.17) is 4.74 Å². The molecule has 0 radical (unpaired) electrons. The standard InChI is InChI=1S/C19H30N4OS/c1-2-25-19-20-9-16(10-21-19)13-22-11-15-3-4-18(22)14-23(12-15)17-5-7-24-8-6-17/h9-10,15,17-18H,2-8,11-14H2,1H3/t15-,18-/m1/s1. The van der Waals surface area contributed by atoms with Crippen molar-refractivity contribution >= 4 is 11.8 Å². The Morgan fingerprint density at radius 3 is 2.60 bits per heavy atom. The van der Waals surface area contributed by atoms with E-state index in [9.17, 15) is 0 Å². The molecule has 6 heteroatoms. The Kier molecular flexibility index (Phi) is 5.90. The summed E-state index contributed by atoms with van der Waals surface area (Å²) in [5.41, 5.74) is 1.26. The molecule has 5 nitrogen and oxygen atoms in total. The maximum Gasteiger partial charge on any atom is 0.187 e. The summed E-state index contributed by atoms with van der Waals surface area (Å²) in [4.78, 5) is 14.5. The Morgan fingerprint density at radius 2 is 1.84 bits per heavy atom. The molecule has 4 fully saturated rings. The van der Waals surface area contributed by atoms with Crippen molar-refractivity contribution in [1.29, 1.82) is 0 Å². The molecule has 0 amide bonds. The van der Waals surface area contributed by atoms with Gasteiger partial charge in [-0.05, 0) is 37.4 Å². The molecule has 4 aliphatic heterocycles. The van der Waals surface area contributed by atoms with Crippen LogP contribution in [0, 0.1) is 5.92 Å². The van der Waals surface area contributed by atoms with Crippen molar-refractivity contribution in [3.05, 3.63) is 18.0 Å². The third kappa shape index (κ3) is 4.35. The molecule has 4 saturated heterocycles. The summed E-state index contributed by atoms with van der Waals surface area (Å²) in [5, 5.41) is 0.898. The van der Waals surface area contributed by atoms with Gasteiger partial charge in [0.25, 0.3) is 0 Å². The lowest BCUT2D eigenvalue weighted by Crippen LogP contribution is -2.45. The lowest BCUT2D eigenvalue weighted by atomic mass is 9.94. The number of hydrogen-bond acceptors (Lipinski definition) is 6. The van der Waals surface area contributed by atoms with Crippen molar-refractivity contribution < 1.29 is 4.74 Å². The first-order valence-corrected chi connectivity index (χ1v) is 10.8. The highest BCUT2D eigenvalue weighted by Gasteiger charge is 2.37. The van der Waals surface area contributed by atoms with E-state index in [2.05, 4.69) is 26.7 Å². The fraction of sp³-hybridized carbons (Fsp3) is 0.789. The van der Waals surface area contributed by atoms with E-state index in [-0.39, 0.29) is 0 Å². The van der Waals surface area contributed by atoms with Gasteiger partial charge in [-0.25, -0.2) is 9.97 Å². The highest BCUT2D eigenvalue weighted by atomic mass is 32.2. The summed E-state index contributed by atoms with van der Waals surface area (Å²) in [5.74, 6) is 1.84. The van der Waals surface area contributed by atoms with E-state index in [1.807, 2.05) is 12.4 Å². The minimum atomic E-state index is 0.686. The summed E-state index contributed by atoms with van der Waals surface area (Å²) in [6, 6.07) is 1.43. The number of fused-ring (bicyclic) bond motifs is 4. The van der Waals surface area contributed by atoms with Gasteiger partial charge in [0.05, 0.1) is 0 Å². The van der Waals surface area contributed by atoms with Gasteiger partial charge in [0.1, 0.15) is 0 Å². The lowest BCUT2D eigenvalue weighted by Gasteiger charge is -2.37. The molecule has 0 saturated carbocycles. The molecule has 2 atom stereocenters. The Hall–Kier alpha value is -0.690. The van der Waals surface area contributed by atoms with Crippen LogP contribution in [0.3, 0.4) is 0 Å². The molecule has 0 N–H and O–H groups in total. The predicted octanol–water partition coefficient (Wildman–Crippen LogP) is 2.66. The van der Waals surface area contributed by atoms with Crippen LogP contribution in [-0.2, 0) is 11.3 Å². The van der Waals surface area contributed by atoms with Crippen LogP contribution < -0.4 is 0 Å². The van der Waals surface area contributed by atoms with Crippen molar-refractivity contribution in [3.8, 4) is 0 Å². The Morgan fingerprint density at radius 1 is 1.04 bits per heavy atom. The molecule has 1 aromatic heterocycles. The molecular formula is C19H30N4OS. The zero-order valence-electron chi connectivity index (χ0n) is 15.3. The van der Waals surface area contributed by atoms with Crippen LogP contribution in [-0.4, -0.2) is 70.5 Å². The molecule has 5 rings (SSSR count). The molecule has 2 bridgehead atoms. The monoisotopic (exact) mass is 362 g/mol. The number of nitrogens with zero attached hydrogens (tertiary/aromatic N) is 4. The van der Waals surface area contributed by atoms with E-state index in [0.717, 1.165) is 42.6 Å². The van der Waals surface area contributed by atoms with Gasteiger partial charge in [0, 0.05) is 69.4 Å². The number of thioether (sulfide) groups is 1. The SMILES string of the molecule is CCSc1ncc(CN2C[C@H]3CC[C@@H]2CN(C2CCOCC2)C3)cn1. The van der Waals surface area contributed by atoms with Crippen molar-refractivity contribution in [3.63, 3.8) is 0 Å². The molecule has 1 aromatic rings. The fourth-order valence-electron chi connectivity index (χ4n) is 4.62. The van der Waals surface area contributed by atoms with Gasteiger partial charge < -0.3 is 4.74 Å².